The van der Waals surface area contributed by atoms with Gasteiger partial charge in [0.05, 0.1) is 22.5 Å². The number of aromatic nitrogens is 2. The minimum absolute atomic E-state index is 0.0179. The Bertz CT molecular complexity index is 1440. The number of hydrogen-bond acceptors (Lipinski definition) is 5. The fourth-order valence-corrected chi connectivity index (χ4v) is 4.11. The van der Waals surface area contributed by atoms with Crippen LogP contribution in [0.1, 0.15) is 17.0 Å². The van der Waals surface area contributed by atoms with E-state index in [-0.39, 0.29) is 17.0 Å². The molecule has 0 fully saturated rings. The third-order valence-corrected chi connectivity index (χ3v) is 5.46. The lowest BCUT2D eigenvalue weighted by Crippen LogP contribution is -2.31. The summed E-state index contributed by atoms with van der Waals surface area (Å²) in [6, 6.07) is 19.1. The van der Waals surface area contributed by atoms with E-state index in [2.05, 4.69) is 11.1 Å². The Morgan fingerprint density at radius 3 is 2.62 bits per heavy atom. The first-order valence-electron chi connectivity index (χ1n) is 9.14. The van der Waals surface area contributed by atoms with Crippen molar-refractivity contribution in [1.29, 1.82) is 5.26 Å². The van der Waals surface area contributed by atoms with E-state index in [9.17, 15) is 10.1 Å². The highest BCUT2D eigenvalue weighted by atomic mass is 16.5. The van der Waals surface area contributed by atoms with E-state index in [1.807, 2.05) is 54.6 Å². The summed E-state index contributed by atoms with van der Waals surface area (Å²) < 4.78 is 7.44. The van der Waals surface area contributed by atoms with Crippen LogP contribution in [0.25, 0.3) is 21.8 Å². The Labute approximate surface area is 166 Å². The van der Waals surface area contributed by atoms with Crippen molar-refractivity contribution < 1.29 is 4.74 Å². The molecule has 1 atom stereocenters. The van der Waals surface area contributed by atoms with Crippen molar-refractivity contribution in [1.82, 2.24) is 9.55 Å². The molecule has 0 radical (unpaired) electrons. The van der Waals surface area contributed by atoms with Crippen molar-refractivity contribution in [3.63, 3.8) is 0 Å². The van der Waals surface area contributed by atoms with Gasteiger partial charge in [0.25, 0.3) is 5.56 Å². The first-order chi connectivity index (χ1) is 14.1. The van der Waals surface area contributed by atoms with Gasteiger partial charge in [0, 0.05) is 24.0 Å². The molecule has 140 valence electrons. The van der Waals surface area contributed by atoms with Gasteiger partial charge in [0.2, 0.25) is 5.88 Å². The minimum Gasteiger partial charge on any atom is -0.439 e. The van der Waals surface area contributed by atoms with E-state index in [4.69, 9.17) is 10.5 Å². The number of nitriles is 1. The van der Waals surface area contributed by atoms with Crippen LogP contribution in [0, 0.1) is 11.3 Å². The zero-order valence-electron chi connectivity index (χ0n) is 15.6. The molecule has 1 aliphatic heterocycles. The predicted octanol–water partition coefficient (Wildman–Crippen LogP) is 3.30. The van der Waals surface area contributed by atoms with Gasteiger partial charge in [-0.05, 0) is 29.8 Å². The van der Waals surface area contributed by atoms with E-state index in [1.54, 1.807) is 17.8 Å². The van der Waals surface area contributed by atoms with Gasteiger partial charge in [-0.3, -0.25) is 9.78 Å². The molecule has 5 rings (SSSR count). The summed E-state index contributed by atoms with van der Waals surface area (Å²) in [7, 11) is 1.72. The monoisotopic (exact) mass is 380 g/mol. The second-order valence-corrected chi connectivity index (χ2v) is 6.97. The van der Waals surface area contributed by atoms with Gasteiger partial charge in [-0.2, -0.15) is 5.26 Å². The van der Waals surface area contributed by atoms with Gasteiger partial charge in [-0.1, -0.05) is 30.3 Å². The Morgan fingerprint density at radius 1 is 1.10 bits per heavy atom. The van der Waals surface area contributed by atoms with Crippen LogP contribution in [0.15, 0.2) is 77.0 Å². The first kappa shape index (κ1) is 17.0. The lowest BCUT2D eigenvalue weighted by molar-refractivity contribution is 0.396. The number of ether oxygens (including phenoxy) is 1. The highest BCUT2D eigenvalue weighted by Gasteiger charge is 2.36. The maximum atomic E-state index is 13.4. The summed E-state index contributed by atoms with van der Waals surface area (Å²) in [6.07, 6.45) is 1.68. The molecule has 0 aliphatic carbocycles. The van der Waals surface area contributed by atoms with Crippen LogP contribution in [-0.2, 0) is 7.05 Å². The molecule has 29 heavy (non-hydrogen) atoms. The van der Waals surface area contributed by atoms with E-state index in [0.717, 1.165) is 27.4 Å². The second-order valence-electron chi connectivity index (χ2n) is 6.97. The van der Waals surface area contributed by atoms with Gasteiger partial charge in [-0.15, -0.1) is 0 Å². The molecule has 0 unspecified atom stereocenters. The number of nitrogens with zero attached hydrogens (tertiary/aromatic N) is 3. The molecule has 6 nitrogen and oxygen atoms in total. The van der Waals surface area contributed by atoms with E-state index < -0.39 is 5.92 Å². The molecule has 0 saturated heterocycles. The third-order valence-electron chi connectivity index (χ3n) is 5.46. The van der Waals surface area contributed by atoms with Crippen molar-refractivity contribution in [2.75, 3.05) is 0 Å². The lowest BCUT2D eigenvalue weighted by Gasteiger charge is -2.28. The Morgan fingerprint density at radius 2 is 1.83 bits per heavy atom. The predicted molar refractivity (Wildman–Crippen MR) is 110 cm³/mol. The Hall–Kier alpha value is -4.11. The summed E-state index contributed by atoms with van der Waals surface area (Å²) in [5.41, 5.74) is 8.90. The molecule has 3 heterocycles. The number of pyridine rings is 2. The van der Waals surface area contributed by atoms with Gasteiger partial charge in [-0.25, -0.2) is 0 Å². The fourth-order valence-electron chi connectivity index (χ4n) is 4.11. The number of fused-ring (bicyclic) bond motifs is 4. The number of nitrogens with two attached hydrogens (primary N) is 1. The van der Waals surface area contributed by atoms with Crippen LogP contribution in [0.3, 0.4) is 0 Å². The standard InChI is InChI=1S/C23H16N4O2/c1-27-18-9-5-3-7-15(18)21-20(23(27)28)19(16(12-24)22(25)29-21)14-10-11-26-17-8-4-2-6-13(14)17/h2-11,19H,25H2,1H3/t19-/m0/s1. The summed E-state index contributed by atoms with van der Waals surface area (Å²) in [5, 5.41) is 11.5. The number of benzene rings is 2. The molecule has 2 N–H and O–H groups in total. The average Bonchev–Trinajstić information content (AvgIpc) is 2.76. The molecule has 0 spiro atoms. The highest BCUT2D eigenvalue weighted by molar-refractivity contribution is 5.90. The maximum absolute atomic E-state index is 13.4. The molecule has 0 bridgehead atoms. The molecule has 2 aromatic carbocycles. The average molecular weight is 380 g/mol. The smallest absolute Gasteiger partial charge is 0.258 e. The molecule has 2 aromatic heterocycles. The van der Waals surface area contributed by atoms with Crippen molar-refractivity contribution in [3.05, 3.63) is 93.7 Å². The van der Waals surface area contributed by atoms with Crippen LogP contribution >= 0.6 is 0 Å². The summed E-state index contributed by atoms with van der Waals surface area (Å²) in [4.78, 5) is 17.8. The topological polar surface area (TPSA) is 93.9 Å². The number of para-hydroxylation sites is 2. The largest absolute Gasteiger partial charge is 0.439 e. The zero-order valence-corrected chi connectivity index (χ0v) is 15.6. The van der Waals surface area contributed by atoms with Crippen molar-refractivity contribution >= 4 is 21.8 Å². The summed E-state index contributed by atoms with van der Waals surface area (Å²) in [6.45, 7) is 0. The van der Waals surface area contributed by atoms with Crippen LogP contribution in [0.5, 0.6) is 5.75 Å². The van der Waals surface area contributed by atoms with Crippen molar-refractivity contribution in [2.45, 2.75) is 5.92 Å². The zero-order chi connectivity index (χ0) is 20.1. The van der Waals surface area contributed by atoms with Crippen LogP contribution < -0.4 is 16.0 Å². The molecule has 0 amide bonds. The van der Waals surface area contributed by atoms with Gasteiger partial charge in [0.15, 0.2) is 0 Å². The molecular weight excluding hydrogens is 364 g/mol. The number of rotatable bonds is 1. The van der Waals surface area contributed by atoms with Gasteiger partial charge < -0.3 is 15.0 Å². The SMILES string of the molecule is Cn1c(=O)c2c(c3ccccc31)OC(N)=C(C#N)[C@@H]2c1ccnc2ccccc12. The molecule has 4 aromatic rings. The fraction of sp³-hybridized carbons (Fsp3) is 0.0870. The number of allylic oxidation sites excluding steroid dienone is 1. The molecule has 6 heteroatoms. The number of hydrogen-bond donors (Lipinski definition) is 1. The molecule has 1 aliphatic rings. The van der Waals surface area contributed by atoms with Crippen molar-refractivity contribution in [3.8, 4) is 11.8 Å². The summed E-state index contributed by atoms with van der Waals surface area (Å²) in [5.74, 6) is -0.213. The number of aryl methyl sites for hydroxylation is 1. The third kappa shape index (κ3) is 2.34. The van der Waals surface area contributed by atoms with E-state index in [0.29, 0.717) is 11.3 Å². The molecule has 0 saturated carbocycles. The van der Waals surface area contributed by atoms with E-state index >= 15 is 0 Å². The van der Waals surface area contributed by atoms with Gasteiger partial charge in [0.1, 0.15) is 17.4 Å². The van der Waals surface area contributed by atoms with E-state index in [1.165, 1.54) is 0 Å². The lowest BCUT2D eigenvalue weighted by atomic mass is 9.82. The maximum Gasteiger partial charge on any atom is 0.258 e. The van der Waals surface area contributed by atoms with Gasteiger partial charge >= 0.3 is 0 Å². The quantitative estimate of drug-likeness (QED) is 0.547. The Kier molecular flexibility index (Phi) is 3.65. The normalized spacial score (nSPS) is 15.8. The highest BCUT2D eigenvalue weighted by Crippen LogP contribution is 2.44. The van der Waals surface area contributed by atoms with Crippen LogP contribution in [-0.4, -0.2) is 9.55 Å². The Balaban J connectivity index is 1.95. The van der Waals surface area contributed by atoms with Crippen LogP contribution in [0.2, 0.25) is 0 Å². The minimum atomic E-state index is -0.639. The second kappa shape index (κ2) is 6.21. The summed E-state index contributed by atoms with van der Waals surface area (Å²) >= 11 is 0. The van der Waals surface area contributed by atoms with Crippen molar-refractivity contribution in [2.24, 2.45) is 12.8 Å². The first-order valence-corrected chi connectivity index (χ1v) is 9.14. The van der Waals surface area contributed by atoms with Crippen LogP contribution in [0.4, 0.5) is 0 Å². The molecular formula is C23H16N4O2.